The Balaban J connectivity index is 3.09. The lowest BCUT2D eigenvalue weighted by atomic mass is 9.88. The van der Waals surface area contributed by atoms with Gasteiger partial charge in [0.15, 0.2) is 0 Å². The lowest BCUT2D eigenvalue weighted by Crippen LogP contribution is -2.49. The number of nitrogens with zero attached hydrogens (tertiary/aromatic N) is 1. The number of carbonyl (C=O) groups excluding carboxylic acids is 2. The summed E-state index contributed by atoms with van der Waals surface area (Å²) in [6.07, 6.45) is 1.96. The van der Waals surface area contributed by atoms with Gasteiger partial charge in [-0.15, -0.1) is 0 Å². The van der Waals surface area contributed by atoms with E-state index in [1.165, 1.54) is 6.08 Å². The van der Waals surface area contributed by atoms with Gasteiger partial charge >= 0.3 is 17.5 Å². The maximum Gasteiger partial charge on any atom is 0.385 e. The van der Waals surface area contributed by atoms with Crippen LogP contribution in [-0.2, 0) is 25.5 Å². The molecule has 0 aliphatic heterocycles. The molecule has 1 atom stereocenters. The van der Waals surface area contributed by atoms with Gasteiger partial charge in [-0.1, -0.05) is 36.4 Å². The average molecular weight is 335 g/mol. The van der Waals surface area contributed by atoms with Crippen LogP contribution in [0.3, 0.4) is 0 Å². The molecule has 0 amide bonds. The molecule has 24 heavy (non-hydrogen) atoms. The van der Waals surface area contributed by atoms with Crippen LogP contribution >= 0.6 is 0 Å². The second-order valence-corrected chi connectivity index (χ2v) is 5.03. The number of ether oxygens (including phenoxy) is 2. The van der Waals surface area contributed by atoms with E-state index in [1.807, 2.05) is 0 Å². The highest BCUT2D eigenvalue weighted by molar-refractivity contribution is 5.83. The second-order valence-electron chi connectivity index (χ2n) is 5.03. The molecule has 1 aromatic rings. The Labute approximate surface area is 140 Å². The quantitative estimate of drug-likeness (QED) is 0.297. The number of benzene rings is 1. The van der Waals surface area contributed by atoms with E-state index in [0.29, 0.717) is 5.56 Å². The number of hydrogen-bond acceptors (Lipinski definition) is 6. The summed E-state index contributed by atoms with van der Waals surface area (Å²) in [7, 11) is 0. The maximum absolute atomic E-state index is 12.3. The van der Waals surface area contributed by atoms with E-state index < -0.39 is 22.4 Å². The largest absolute Gasteiger partial charge is 0.463 e. The van der Waals surface area contributed by atoms with Gasteiger partial charge in [-0.3, -0.25) is 10.1 Å². The fourth-order valence-electron chi connectivity index (χ4n) is 2.18. The molecule has 1 unspecified atom stereocenters. The third kappa shape index (κ3) is 5.19. The zero-order chi connectivity index (χ0) is 18.0. The summed E-state index contributed by atoms with van der Waals surface area (Å²) in [5.41, 5.74) is -1.35. The summed E-state index contributed by atoms with van der Waals surface area (Å²) in [4.78, 5) is 34.7. The van der Waals surface area contributed by atoms with Crippen LogP contribution in [0.1, 0.15) is 25.8 Å². The molecule has 0 heterocycles. The molecule has 0 aliphatic carbocycles. The van der Waals surface area contributed by atoms with Crippen LogP contribution < -0.4 is 0 Å². The highest BCUT2D eigenvalue weighted by atomic mass is 16.6. The van der Waals surface area contributed by atoms with E-state index in [0.717, 1.165) is 6.08 Å². The van der Waals surface area contributed by atoms with Crippen molar-refractivity contribution < 1.29 is 24.0 Å². The van der Waals surface area contributed by atoms with E-state index in [2.05, 4.69) is 0 Å². The molecule has 1 rings (SSSR count). The van der Waals surface area contributed by atoms with E-state index in [1.54, 1.807) is 44.2 Å². The van der Waals surface area contributed by atoms with Crippen molar-refractivity contribution in [3.8, 4) is 0 Å². The molecule has 0 fully saturated rings. The monoisotopic (exact) mass is 335 g/mol. The van der Waals surface area contributed by atoms with E-state index in [9.17, 15) is 19.7 Å². The van der Waals surface area contributed by atoms with Gasteiger partial charge in [-0.2, -0.15) is 0 Å². The molecule has 7 heteroatoms. The van der Waals surface area contributed by atoms with E-state index in [4.69, 9.17) is 9.47 Å². The van der Waals surface area contributed by atoms with Crippen LogP contribution in [0.25, 0.3) is 0 Å². The third-order valence-corrected chi connectivity index (χ3v) is 3.34. The third-order valence-electron chi connectivity index (χ3n) is 3.34. The Morgan fingerprint density at radius 1 is 1.17 bits per heavy atom. The van der Waals surface area contributed by atoms with Crippen molar-refractivity contribution in [2.75, 3.05) is 13.2 Å². The van der Waals surface area contributed by atoms with E-state index >= 15 is 0 Å². The van der Waals surface area contributed by atoms with Crippen molar-refractivity contribution in [2.24, 2.45) is 0 Å². The van der Waals surface area contributed by atoms with Crippen LogP contribution in [0.5, 0.6) is 0 Å². The molecule has 1 aromatic carbocycles. The standard InChI is InChI=1S/C17H21NO6/c1-3-23-15(19)11-8-12-17(18(21)22,16(20)24-4-2)13-14-9-6-5-7-10-14/h5-11H,3-4,12-13H2,1-2H3/b11-8+. The predicted molar refractivity (Wildman–Crippen MR) is 86.9 cm³/mol. The van der Waals surface area contributed by atoms with Gasteiger partial charge in [-0.25, -0.2) is 9.59 Å². The van der Waals surface area contributed by atoms with Crippen molar-refractivity contribution in [1.29, 1.82) is 0 Å². The predicted octanol–water partition coefficient (Wildman–Crippen LogP) is 2.32. The fraction of sp³-hybridized carbons (Fsp3) is 0.412. The minimum Gasteiger partial charge on any atom is -0.463 e. The van der Waals surface area contributed by atoms with Gasteiger partial charge in [-0.05, 0) is 19.4 Å². The van der Waals surface area contributed by atoms with Gasteiger partial charge in [0.05, 0.1) is 19.6 Å². The summed E-state index contributed by atoms with van der Waals surface area (Å²) in [6, 6.07) is 8.65. The number of esters is 2. The van der Waals surface area contributed by atoms with Gasteiger partial charge in [0.2, 0.25) is 0 Å². The molecular weight excluding hydrogens is 314 g/mol. The number of carbonyl (C=O) groups is 2. The first-order valence-electron chi connectivity index (χ1n) is 7.65. The van der Waals surface area contributed by atoms with Gasteiger partial charge in [0, 0.05) is 17.4 Å². The molecule has 0 bridgehead atoms. The molecule has 130 valence electrons. The zero-order valence-corrected chi connectivity index (χ0v) is 13.8. The summed E-state index contributed by atoms with van der Waals surface area (Å²) < 4.78 is 9.65. The number of nitro groups is 1. The first kappa shape index (κ1) is 19.3. The first-order valence-corrected chi connectivity index (χ1v) is 7.65. The Bertz CT molecular complexity index is 598. The Hall–Kier alpha value is -2.70. The van der Waals surface area contributed by atoms with Crippen LogP contribution in [0.2, 0.25) is 0 Å². The Kier molecular flexibility index (Phi) is 7.61. The normalized spacial score (nSPS) is 13.2. The van der Waals surface area contributed by atoms with E-state index in [-0.39, 0.29) is 26.1 Å². The first-order chi connectivity index (χ1) is 11.5. The van der Waals surface area contributed by atoms with Crippen LogP contribution in [0.4, 0.5) is 0 Å². The highest BCUT2D eigenvalue weighted by Crippen LogP contribution is 2.24. The fourth-order valence-corrected chi connectivity index (χ4v) is 2.18. The number of hydrogen-bond donors (Lipinski definition) is 0. The van der Waals surface area contributed by atoms with Crippen molar-refractivity contribution in [2.45, 2.75) is 32.2 Å². The topological polar surface area (TPSA) is 95.7 Å². The lowest BCUT2D eigenvalue weighted by molar-refractivity contribution is -0.554. The molecule has 0 radical (unpaired) electrons. The van der Waals surface area contributed by atoms with Gasteiger partial charge in [0.1, 0.15) is 0 Å². The van der Waals surface area contributed by atoms with Crippen molar-refractivity contribution in [1.82, 2.24) is 0 Å². The van der Waals surface area contributed by atoms with Crippen LogP contribution in [0.15, 0.2) is 42.5 Å². The smallest absolute Gasteiger partial charge is 0.385 e. The summed E-state index contributed by atoms with van der Waals surface area (Å²) in [6.45, 7) is 3.47. The average Bonchev–Trinajstić information content (AvgIpc) is 2.55. The Morgan fingerprint density at radius 2 is 1.79 bits per heavy atom. The van der Waals surface area contributed by atoms with Crippen molar-refractivity contribution >= 4 is 11.9 Å². The van der Waals surface area contributed by atoms with Crippen LogP contribution in [-0.4, -0.2) is 35.6 Å². The SMILES string of the molecule is CCOC(=O)/C=C/CC(Cc1ccccc1)(C(=O)OCC)[N+](=O)[O-]. The highest BCUT2D eigenvalue weighted by Gasteiger charge is 2.51. The lowest BCUT2D eigenvalue weighted by Gasteiger charge is -2.22. The maximum atomic E-state index is 12.3. The van der Waals surface area contributed by atoms with Crippen molar-refractivity contribution in [3.63, 3.8) is 0 Å². The minimum atomic E-state index is -1.99. The molecular formula is C17H21NO6. The van der Waals surface area contributed by atoms with Crippen LogP contribution in [0, 0.1) is 10.1 Å². The molecule has 7 nitrogen and oxygen atoms in total. The molecule has 0 aromatic heterocycles. The zero-order valence-electron chi connectivity index (χ0n) is 13.8. The molecule has 0 N–H and O–H groups in total. The summed E-state index contributed by atoms with van der Waals surface area (Å²) >= 11 is 0. The number of rotatable bonds is 9. The molecule has 0 saturated heterocycles. The van der Waals surface area contributed by atoms with Gasteiger partial charge in [0.25, 0.3) is 0 Å². The molecule has 0 saturated carbocycles. The van der Waals surface area contributed by atoms with Gasteiger partial charge < -0.3 is 9.47 Å². The minimum absolute atomic E-state index is 0.0325. The summed E-state index contributed by atoms with van der Waals surface area (Å²) in [5.74, 6) is -1.54. The molecule has 0 spiro atoms. The summed E-state index contributed by atoms with van der Waals surface area (Å²) in [5, 5.41) is 11.7. The second kappa shape index (κ2) is 9.44. The molecule has 0 aliphatic rings. The van der Waals surface area contributed by atoms with Crippen molar-refractivity contribution in [3.05, 3.63) is 58.2 Å². The Morgan fingerprint density at radius 3 is 2.33 bits per heavy atom.